The van der Waals surface area contributed by atoms with E-state index in [-0.39, 0.29) is 22.8 Å². The maximum atomic E-state index is 14.3. The lowest BCUT2D eigenvalue weighted by molar-refractivity contribution is -0.161. The van der Waals surface area contributed by atoms with E-state index in [9.17, 15) is 19.8 Å². The number of rotatable bonds is 4. The first-order valence-electron chi connectivity index (χ1n) is 16.3. The Morgan fingerprint density at radius 2 is 1.48 bits per heavy atom. The summed E-state index contributed by atoms with van der Waals surface area (Å²) < 4.78 is 12.8. The summed E-state index contributed by atoms with van der Waals surface area (Å²) in [6.07, 6.45) is 2.74. The molecule has 1 aromatic heterocycles. The molecule has 0 fully saturated rings. The van der Waals surface area contributed by atoms with Gasteiger partial charge in [-0.2, -0.15) is 0 Å². The van der Waals surface area contributed by atoms with Crippen molar-refractivity contribution in [3.63, 3.8) is 0 Å². The second-order valence-corrected chi connectivity index (χ2v) is 17.5. The molecule has 1 aliphatic rings. The molecule has 0 spiro atoms. The third-order valence-electron chi connectivity index (χ3n) is 9.09. The molecule has 1 atom stereocenters. The van der Waals surface area contributed by atoms with Crippen LogP contribution < -0.4 is 9.47 Å². The normalized spacial score (nSPS) is 18.0. The number of esters is 1. The predicted octanol–water partition coefficient (Wildman–Crippen LogP) is 10.0. The van der Waals surface area contributed by atoms with Crippen molar-refractivity contribution in [2.75, 3.05) is 0 Å². The monoisotopic (exact) mass is 675 g/mol. The average molecular weight is 676 g/mol. The van der Waals surface area contributed by atoms with Crippen molar-refractivity contribution in [3.05, 3.63) is 74.6 Å². The molecule has 258 valence electrons. The highest BCUT2D eigenvalue weighted by atomic mass is 35.5. The van der Waals surface area contributed by atoms with Gasteiger partial charge in [0.15, 0.2) is 17.3 Å². The Morgan fingerprint density at radius 1 is 0.896 bits per heavy atom. The number of ketones is 1. The predicted molar refractivity (Wildman–Crippen MR) is 193 cm³/mol. The number of pyridine rings is 1. The fourth-order valence-electron chi connectivity index (χ4n) is 5.84. The summed E-state index contributed by atoms with van der Waals surface area (Å²) in [5.74, 6) is -1.96. The fourth-order valence-corrected chi connectivity index (χ4v) is 6.11. The van der Waals surface area contributed by atoms with E-state index in [0.717, 1.165) is 16.5 Å². The molecule has 2 N–H and O–H groups in total. The zero-order valence-corrected chi connectivity index (χ0v) is 31.6. The minimum atomic E-state index is -1.86. The Hall–Kier alpha value is -3.84. The number of ether oxygens (including phenoxy) is 2. The number of allylic oxidation sites excluding steroid dienone is 1. The summed E-state index contributed by atoms with van der Waals surface area (Å²) in [5, 5.41) is 24.2. The van der Waals surface area contributed by atoms with E-state index >= 15 is 0 Å². The number of carbonyl (C=O) groups is 2. The first-order chi connectivity index (χ1) is 21.7. The van der Waals surface area contributed by atoms with Gasteiger partial charge in [0, 0.05) is 33.6 Å². The number of nitrogens with zero attached hydrogens (tertiary/aromatic N) is 1. The number of hydrogen-bond acceptors (Lipinski definition) is 7. The molecule has 0 saturated heterocycles. The molecule has 0 aliphatic carbocycles. The number of hydrogen-bond donors (Lipinski definition) is 2. The molecule has 0 radical (unpaired) electrons. The zero-order chi connectivity index (χ0) is 36.5. The van der Waals surface area contributed by atoms with Crippen LogP contribution in [0.1, 0.15) is 111 Å². The van der Waals surface area contributed by atoms with Crippen molar-refractivity contribution in [1.29, 1.82) is 0 Å². The Balaban J connectivity index is 1.95. The molecule has 4 rings (SSSR count). The summed E-state index contributed by atoms with van der Waals surface area (Å²) in [4.78, 5) is 33.2. The molecule has 0 bridgehead atoms. The van der Waals surface area contributed by atoms with Crippen LogP contribution in [0.15, 0.2) is 41.7 Å². The number of aromatic hydroxyl groups is 1. The van der Waals surface area contributed by atoms with Crippen LogP contribution in [0.5, 0.6) is 17.2 Å². The largest absolute Gasteiger partial charge is 0.504 e. The molecular formula is C40H50ClNO6. The quantitative estimate of drug-likeness (QED) is 0.123. The SMILES string of the molecule is Cc1ccc2c(Cl)cc(C=C(O)C(=O)C(=CC3(C(C)(C)C)Oc4c(O)c(C(C)(C)C)cc(C(C)(C)C)c4OC3=O)C(C)(C)C)nc2c1C. The van der Waals surface area contributed by atoms with Gasteiger partial charge >= 0.3 is 5.97 Å². The van der Waals surface area contributed by atoms with Crippen LogP contribution in [0.3, 0.4) is 0 Å². The van der Waals surface area contributed by atoms with Gasteiger partial charge in [-0.05, 0) is 59.4 Å². The standard InChI is InChI=1S/C40H50ClNO6/c1-21-15-16-24-28(41)17-23(42-30(24)22(21)2)18-29(43)31(44)27(38(9,10)11)20-40(39(12,13)14)35(46)47-33-26(37(6,7)8)19-25(36(3,4)5)32(45)34(33)48-40/h15-20,43,45H,1-14H3. The highest BCUT2D eigenvalue weighted by molar-refractivity contribution is 6.35. The average Bonchev–Trinajstić information content (AvgIpc) is 2.91. The number of Topliss-reactive ketones (excluding diaryl/α,β-unsaturated/α-hetero) is 1. The molecule has 3 aromatic rings. The summed E-state index contributed by atoms with van der Waals surface area (Å²) >= 11 is 6.59. The molecule has 48 heavy (non-hydrogen) atoms. The zero-order valence-electron chi connectivity index (χ0n) is 30.8. The second-order valence-electron chi connectivity index (χ2n) is 17.1. The summed E-state index contributed by atoms with van der Waals surface area (Å²) in [5.41, 5.74) is -0.210. The van der Waals surface area contributed by atoms with Gasteiger partial charge in [-0.3, -0.25) is 4.79 Å². The molecule has 2 heterocycles. The van der Waals surface area contributed by atoms with Crippen molar-refractivity contribution in [2.24, 2.45) is 10.8 Å². The Kier molecular flexibility index (Phi) is 9.20. The van der Waals surface area contributed by atoms with E-state index in [1.807, 2.05) is 94.4 Å². The molecule has 1 unspecified atom stereocenters. The van der Waals surface area contributed by atoms with E-state index < -0.39 is 44.8 Å². The van der Waals surface area contributed by atoms with Gasteiger partial charge in [-0.1, -0.05) is 107 Å². The lowest BCUT2D eigenvalue weighted by Gasteiger charge is -2.45. The van der Waals surface area contributed by atoms with Crippen LogP contribution in [-0.2, 0) is 20.4 Å². The third-order valence-corrected chi connectivity index (χ3v) is 9.41. The van der Waals surface area contributed by atoms with Crippen LogP contribution in [-0.4, -0.2) is 32.6 Å². The third kappa shape index (κ3) is 6.58. The summed E-state index contributed by atoms with van der Waals surface area (Å²) in [6, 6.07) is 7.33. The van der Waals surface area contributed by atoms with Crippen LogP contribution in [0, 0.1) is 24.7 Å². The second kappa shape index (κ2) is 11.9. The number of carbonyl (C=O) groups excluding carboxylic acids is 2. The van der Waals surface area contributed by atoms with Crippen LogP contribution in [0.4, 0.5) is 0 Å². The molecule has 2 aromatic carbocycles. The number of phenols is 1. The van der Waals surface area contributed by atoms with Crippen molar-refractivity contribution < 1.29 is 29.3 Å². The van der Waals surface area contributed by atoms with Gasteiger partial charge in [0.2, 0.25) is 17.1 Å². The fraction of sp³-hybridized carbons (Fsp3) is 0.475. The van der Waals surface area contributed by atoms with Crippen molar-refractivity contribution >= 4 is 40.3 Å². The number of aliphatic hydroxyl groups is 1. The highest BCUT2D eigenvalue weighted by Gasteiger charge is 2.56. The van der Waals surface area contributed by atoms with Crippen LogP contribution in [0.2, 0.25) is 5.02 Å². The van der Waals surface area contributed by atoms with Crippen molar-refractivity contribution in [3.8, 4) is 17.2 Å². The minimum Gasteiger partial charge on any atom is -0.504 e. The number of aliphatic hydroxyl groups excluding tert-OH is 1. The molecule has 0 saturated carbocycles. The minimum absolute atomic E-state index is 0.0410. The van der Waals surface area contributed by atoms with E-state index in [1.54, 1.807) is 26.8 Å². The number of aryl methyl sites for hydroxylation is 2. The number of benzene rings is 2. The van der Waals surface area contributed by atoms with E-state index in [0.29, 0.717) is 27.4 Å². The number of halogens is 1. The smallest absolute Gasteiger partial charge is 0.360 e. The van der Waals surface area contributed by atoms with Gasteiger partial charge in [-0.25, -0.2) is 9.78 Å². The van der Waals surface area contributed by atoms with Gasteiger partial charge in [0.1, 0.15) is 0 Å². The first-order valence-corrected chi connectivity index (χ1v) is 16.7. The number of aromatic nitrogens is 1. The molecule has 8 heteroatoms. The Labute approximate surface area is 290 Å². The van der Waals surface area contributed by atoms with E-state index in [1.165, 1.54) is 12.2 Å². The van der Waals surface area contributed by atoms with Gasteiger partial charge < -0.3 is 19.7 Å². The first kappa shape index (κ1) is 37.0. The van der Waals surface area contributed by atoms with E-state index in [2.05, 4.69) is 0 Å². The van der Waals surface area contributed by atoms with Gasteiger partial charge in [-0.15, -0.1) is 0 Å². The topological polar surface area (TPSA) is 106 Å². The molecule has 1 aliphatic heterocycles. The Morgan fingerprint density at radius 3 is 2.00 bits per heavy atom. The van der Waals surface area contributed by atoms with Gasteiger partial charge in [0.05, 0.1) is 16.2 Å². The van der Waals surface area contributed by atoms with Crippen molar-refractivity contribution in [1.82, 2.24) is 4.98 Å². The number of fused-ring (bicyclic) bond motifs is 2. The van der Waals surface area contributed by atoms with Crippen LogP contribution in [0.25, 0.3) is 17.0 Å². The lowest BCUT2D eigenvalue weighted by atomic mass is 9.71. The van der Waals surface area contributed by atoms with Gasteiger partial charge in [0.25, 0.3) is 0 Å². The molecule has 7 nitrogen and oxygen atoms in total. The van der Waals surface area contributed by atoms with Crippen molar-refractivity contribution in [2.45, 2.75) is 113 Å². The lowest BCUT2D eigenvalue weighted by Crippen LogP contribution is -2.58. The summed E-state index contributed by atoms with van der Waals surface area (Å²) in [6.45, 7) is 26.7. The molecular weight excluding hydrogens is 626 g/mol. The van der Waals surface area contributed by atoms with E-state index in [4.69, 9.17) is 26.1 Å². The number of phenolic OH excluding ortho intramolecular Hbond substituents is 1. The van der Waals surface area contributed by atoms with Crippen LogP contribution >= 0.6 is 11.6 Å². The highest BCUT2D eigenvalue weighted by Crippen LogP contribution is 2.55. The molecule has 0 amide bonds. The Bertz CT molecular complexity index is 1890. The summed E-state index contributed by atoms with van der Waals surface area (Å²) in [7, 11) is 0. The maximum absolute atomic E-state index is 14.3. The maximum Gasteiger partial charge on any atom is 0.360 e.